The lowest BCUT2D eigenvalue weighted by atomic mass is 9.93. The number of rotatable bonds is 10. The molecule has 26 heavy (non-hydrogen) atoms. The lowest BCUT2D eigenvalue weighted by molar-refractivity contribution is 0.313. The first kappa shape index (κ1) is 22.5. The van der Waals surface area contributed by atoms with Gasteiger partial charge in [-0.25, -0.2) is 0 Å². The average Bonchev–Trinajstić information content (AvgIpc) is 2.87. The van der Waals surface area contributed by atoms with Crippen LogP contribution < -0.4 is 16.8 Å². The van der Waals surface area contributed by atoms with E-state index in [1.165, 1.54) is 0 Å². The van der Waals surface area contributed by atoms with Crippen molar-refractivity contribution >= 4 is 17.1 Å². The molecule has 1 saturated heterocycles. The maximum atomic E-state index is 6.21. The number of nitrogens with two attached hydrogens (primary N) is 2. The third kappa shape index (κ3) is 6.61. The summed E-state index contributed by atoms with van der Waals surface area (Å²) in [6.45, 7) is 22.0. The number of hydrogen-bond donors (Lipinski definition) is 3. The van der Waals surface area contributed by atoms with Crippen LogP contribution in [0.2, 0.25) is 0 Å². The Hall–Kier alpha value is -1.59. The second-order valence-electron chi connectivity index (χ2n) is 7.84. The summed E-state index contributed by atoms with van der Waals surface area (Å²) >= 11 is 5.08. The molecule has 5 heteroatoms. The van der Waals surface area contributed by atoms with Gasteiger partial charge in [-0.15, -0.1) is 0 Å². The summed E-state index contributed by atoms with van der Waals surface area (Å²) in [5.41, 5.74) is 15.7. The third-order valence-electron chi connectivity index (χ3n) is 4.84. The molecule has 0 aromatic rings. The highest BCUT2D eigenvalue weighted by molar-refractivity contribution is 7.80. The second kappa shape index (κ2) is 9.93. The summed E-state index contributed by atoms with van der Waals surface area (Å²) in [5, 5.41) is 3.42. The number of nitrogens with zero attached hydrogens (tertiary/aromatic N) is 1. The molecule has 0 aliphatic carbocycles. The molecular weight excluding hydrogens is 340 g/mol. The molecule has 146 valence electrons. The van der Waals surface area contributed by atoms with Gasteiger partial charge < -0.3 is 21.7 Å². The molecule has 0 aromatic heterocycles. The van der Waals surface area contributed by atoms with E-state index in [-0.39, 0.29) is 12.2 Å². The van der Waals surface area contributed by atoms with Crippen LogP contribution in [-0.2, 0) is 0 Å². The van der Waals surface area contributed by atoms with Crippen LogP contribution in [0.1, 0.15) is 47.0 Å². The van der Waals surface area contributed by atoms with E-state index < -0.39 is 0 Å². The molecule has 1 aliphatic heterocycles. The van der Waals surface area contributed by atoms with E-state index >= 15 is 0 Å². The molecule has 1 fully saturated rings. The fourth-order valence-electron chi connectivity index (χ4n) is 3.37. The first-order chi connectivity index (χ1) is 12.0. The van der Waals surface area contributed by atoms with Crippen molar-refractivity contribution in [1.29, 1.82) is 0 Å². The van der Waals surface area contributed by atoms with E-state index in [2.05, 4.69) is 50.7 Å². The van der Waals surface area contributed by atoms with E-state index in [1.807, 2.05) is 6.92 Å². The molecule has 0 aromatic carbocycles. The Morgan fingerprint density at radius 3 is 2.38 bits per heavy atom. The summed E-state index contributed by atoms with van der Waals surface area (Å²) in [6, 6.07) is 0.0962. The standard InChI is InChI=1S/C21H36N4S/c1-13(2)21(24-18(7)19(22)11-17(6)26)15(4)8-9-16(5)25-12-14(3)10-20(25)23/h11,13-14,20-21,24H,4-5,7-10,12,22-23H2,1-3,6H3/b19-11-. The van der Waals surface area contributed by atoms with Gasteiger partial charge in [-0.2, -0.15) is 0 Å². The molecule has 3 unspecified atom stereocenters. The van der Waals surface area contributed by atoms with Crippen LogP contribution in [0.3, 0.4) is 0 Å². The fourth-order valence-corrected chi connectivity index (χ4v) is 3.50. The quantitative estimate of drug-likeness (QED) is 0.234. The minimum absolute atomic E-state index is 0.0902. The fraction of sp³-hybridized carbons (Fsp3) is 0.571. The summed E-state index contributed by atoms with van der Waals surface area (Å²) in [5.74, 6) is 0.987. The molecular formula is C21H36N4S. The Labute approximate surface area is 165 Å². The smallest absolute Gasteiger partial charge is 0.0770 e. The van der Waals surface area contributed by atoms with E-state index in [0.717, 1.165) is 41.9 Å². The molecule has 0 bridgehead atoms. The van der Waals surface area contributed by atoms with E-state index in [0.29, 0.717) is 23.2 Å². The van der Waals surface area contributed by atoms with Crippen molar-refractivity contribution in [3.05, 3.63) is 48.5 Å². The molecule has 0 amide bonds. The summed E-state index contributed by atoms with van der Waals surface area (Å²) in [4.78, 5) is 2.97. The maximum absolute atomic E-state index is 6.21. The number of hydrogen-bond acceptors (Lipinski definition) is 5. The number of thiocarbonyl (C=S) groups is 1. The van der Waals surface area contributed by atoms with Gasteiger partial charge in [-0.1, -0.05) is 58.3 Å². The molecule has 0 saturated carbocycles. The highest BCUT2D eigenvalue weighted by atomic mass is 32.1. The van der Waals surface area contributed by atoms with Crippen LogP contribution >= 0.6 is 12.2 Å². The average molecular weight is 377 g/mol. The number of allylic oxidation sites excluding steroid dienone is 2. The zero-order valence-electron chi connectivity index (χ0n) is 16.8. The van der Waals surface area contributed by atoms with Gasteiger partial charge in [-0.3, -0.25) is 0 Å². The molecule has 5 N–H and O–H groups in total. The number of likely N-dealkylation sites (tertiary alicyclic amines) is 1. The Bertz CT molecular complexity index is 591. The van der Waals surface area contributed by atoms with Crippen LogP contribution in [-0.4, -0.2) is 28.5 Å². The van der Waals surface area contributed by atoms with Gasteiger partial charge >= 0.3 is 0 Å². The predicted molar refractivity (Wildman–Crippen MR) is 117 cm³/mol. The monoisotopic (exact) mass is 376 g/mol. The van der Waals surface area contributed by atoms with Crippen LogP contribution in [0.25, 0.3) is 0 Å². The lowest BCUT2D eigenvalue weighted by Crippen LogP contribution is -2.37. The topological polar surface area (TPSA) is 67.3 Å². The van der Waals surface area contributed by atoms with Crippen molar-refractivity contribution in [2.45, 2.75) is 59.2 Å². The highest BCUT2D eigenvalue weighted by Crippen LogP contribution is 2.27. The van der Waals surface area contributed by atoms with Crippen molar-refractivity contribution in [3.63, 3.8) is 0 Å². The molecule has 1 aliphatic rings. The lowest BCUT2D eigenvalue weighted by Gasteiger charge is -2.29. The summed E-state index contributed by atoms with van der Waals surface area (Å²) < 4.78 is 0. The SMILES string of the molecule is C=C(NC(C(=C)CCC(=C)N1CC(C)CC1N)C(C)C)/C(N)=C/C(C)=S. The van der Waals surface area contributed by atoms with Gasteiger partial charge in [0.2, 0.25) is 0 Å². The van der Waals surface area contributed by atoms with Crippen molar-refractivity contribution in [2.24, 2.45) is 23.3 Å². The maximum Gasteiger partial charge on any atom is 0.0770 e. The normalized spacial score (nSPS) is 21.6. The summed E-state index contributed by atoms with van der Waals surface area (Å²) in [7, 11) is 0. The predicted octanol–water partition coefficient (Wildman–Crippen LogP) is 3.82. The van der Waals surface area contributed by atoms with Crippen LogP contribution in [0, 0.1) is 11.8 Å². The highest BCUT2D eigenvalue weighted by Gasteiger charge is 2.27. The van der Waals surface area contributed by atoms with Crippen LogP contribution in [0.15, 0.2) is 48.5 Å². The van der Waals surface area contributed by atoms with E-state index in [4.69, 9.17) is 23.7 Å². The minimum atomic E-state index is 0.0902. The van der Waals surface area contributed by atoms with Crippen LogP contribution in [0.5, 0.6) is 0 Å². The Morgan fingerprint density at radius 2 is 1.92 bits per heavy atom. The number of nitrogens with one attached hydrogen (secondary N) is 1. The third-order valence-corrected chi connectivity index (χ3v) is 4.95. The first-order valence-corrected chi connectivity index (χ1v) is 9.75. The van der Waals surface area contributed by atoms with E-state index in [1.54, 1.807) is 6.08 Å². The summed E-state index contributed by atoms with van der Waals surface area (Å²) in [6.07, 6.45) is 4.59. The Balaban J connectivity index is 2.64. The van der Waals surface area contributed by atoms with Crippen LogP contribution in [0.4, 0.5) is 0 Å². The molecule has 3 atom stereocenters. The molecule has 0 spiro atoms. The largest absolute Gasteiger partial charge is 0.397 e. The first-order valence-electron chi connectivity index (χ1n) is 9.34. The molecule has 1 heterocycles. The van der Waals surface area contributed by atoms with Gasteiger partial charge in [-0.05, 0) is 44.1 Å². The van der Waals surface area contributed by atoms with Gasteiger partial charge in [0, 0.05) is 23.1 Å². The van der Waals surface area contributed by atoms with E-state index in [9.17, 15) is 0 Å². The van der Waals surface area contributed by atoms with Crippen molar-refractivity contribution in [2.75, 3.05) is 6.54 Å². The van der Waals surface area contributed by atoms with Gasteiger partial charge in [0.1, 0.15) is 0 Å². The molecule has 4 nitrogen and oxygen atoms in total. The van der Waals surface area contributed by atoms with Crippen molar-refractivity contribution in [1.82, 2.24) is 10.2 Å². The molecule has 1 rings (SSSR count). The van der Waals surface area contributed by atoms with Gasteiger partial charge in [0.05, 0.1) is 17.6 Å². The Morgan fingerprint density at radius 1 is 1.31 bits per heavy atom. The zero-order chi connectivity index (χ0) is 20.0. The zero-order valence-corrected chi connectivity index (χ0v) is 17.7. The second-order valence-corrected chi connectivity index (χ2v) is 8.48. The van der Waals surface area contributed by atoms with Crippen molar-refractivity contribution < 1.29 is 0 Å². The minimum Gasteiger partial charge on any atom is -0.397 e. The Kier molecular flexibility index (Phi) is 8.57. The van der Waals surface area contributed by atoms with Crippen molar-refractivity contribution in [3.8, 4) is 0 Å². The molecule has 0 radical (unpaired) electrons. The van der Waals surface area contributed by atoms with Gasteiger partial charge in [0.15, 0.2) is 0 Å². The van der Waals surface area contributed by atoms with Gasteiger partial charge in [0.25, 0.3) is 0 Å².